The van der Waals surface area contributed by atoms with Crippen LogP contribution >= 0.6 is 0 Å². The molecule has 0 aromatic carbocycles. The third kappa shape index (κ3) is 5.03. The number of esters is 3. The van der Waals surface area contributed by atoms with E-state index >= 15 is 0 Å². The Hall–Kier alpha value is -3.13. The predicted octanol–water partition coefficient (Wildman–Crippen LogP) is 0.831. The van der Waals surface area contributed by atoms with Gasteiger partial charge in [-0.15, -0.1) is 0 Å². The molecule has 0 bridgehead atoms. The van der Waals surface area contributed by atoms with Crippen molar-refractivity contribution in [3.63, 3.8) is 0 Å². The van der Waals surface area contributed by atoms with Gasteiger partial charge < -0.3 is 24.7 Å². The van der Waals surface area contributed by atoms with Gasteiger partial charge in [0.05, 0.1) is 0 Å². The quantitative estimate of drug-likeness (QED) is 0.480. The molecular weight excluding hydrogens is 384 g/mol. The van der Waals surface area contributed by atoms with Gasteiger partial charge in [0.25, 0.3) is 0 Å². The molecule has 1 aromatic rings. The van der Waals surface area contributed by atoms with Crippen LogP contribution in [-0.2, 0) is 33.3 Å². The second-order valence-electron chi connectivity index (χ2n) is 5.90. The maximum atomic E-state index is 12.2. The summed E-state index contributed by atoms with van der Waals surface area (Å²) < 4.78 is 44.5. The fourth-order valence-electron chi connectivity index (χ4n) is 2.66. The van der Waals surface area contributed by atoms with Crippen LogP contribution in [0.5, 0.6) is 0 Å². The van der Waals surface area contributed by atoms with Crippen LogP contribution < -0.4 is 5.73 Å². The minimum Gasteiger partial charge on any atom is -0.463 e. The Labute approximate surface area is 171 Å². The fraction of sp³-hybridized carbons (Fsp3) is 0.611. The highest BCUT2D eigenvalue weighted by atomic mass is 16.7. The lowest BCUT2D eigenvalue weighted by atomic mass is 10.1. The van der Waals surface area contributed by atoms with Gasteiger partial charge in [-0.1, -0.05) is 20.7 Å². The Morgan fingerprint density at radius 3 is 2.41 bits per heavy atom. The van der Waals surface area contributed by atoms with Crippen molar-refractivity contribution in [2.75, 3.05) is 12.3 Å². The molecule has 11 heteroatoms. The number of hydrogen-bond acceptors (Lipinski definition) is 10. The number of carbonyl (C=O) groups is 3. The van der Waals surface area contributed by atoms with E-state index in [4.69, 9.17) is 34.1 Å². The van der Waals surface area contributed by atoms with E-state index in [2.05, 4.69) is 4.98 Å². The molecule has 0 saturated carbocycles. The van der Waals surface area contributed by atoms with Crippen LogP contribution in [0.15, 0.2) is 6.33 Å². The summed E-state index contributed by atoms with van der Waals surface area (Å²) in [6.45, 7) is -1.02. The van der Waals surface area contributed by atoms with Gasteiger partial charge in [-0.05, 0) is 0 Å². The SMILES string of the molecule is [2H]CCC(=O)OC[C@H]1OC(n2cnc(C#N)c2N)[C@H](OC(=O)CC[2H])[C@@H]1OC(=O)CC[2H]. The first-order valence-corrected chi connectivity index (χ1v) is 8.66. The van der Waals surface area contributed by atoms with Crippen molar-refractivity contribution in [1.29, 1.82) is 5.26 Å². The number of anilines is 1. The smallest absolute Gasteiger partial charge is 0.306 e. The van der Waals surface area contributed by atoms with Crippen molar-refractivity contribution in [3.05, 3.63) is 12.0 Å². The normalized spacial score (nSPS) is 24.6. The molecule has 1 saturated heterocycles. The summed E-state index contributed by atoms with van der Waals surface area (Å²) in [7, 11) is 0. The number of nitrogen functional groups attached to an aromatic ring is 1. The van der Waals surface area contributed by atoms with Crippen molar-refractivity contribution in [2.45, 2.75) is 64.5 Å². The highest BCUT2D eigenvalue weighted by Gasteiger charge is 2.51. The number of rotatable bonds is 8. The number of carbonyl (C=O) groups excluding carboxylic acids is 3. The summed E-state index contributed by atoms with van der Waals surface area (Å²) in [5, 5.41) is 9.12. The molecule has 1 unspecified atom stereocenters. The third-order valence-electron chi connectivity index (χ3n) is 4.05. The molecule has 1 aromatic heterocycles. The Bertz CT molecular complexity index is 860. The number of nitrogens with two attached hydrogens (primary N) is 1. The van der Waals surface area contributed by atoms with Gasteiger partial charge in [0.2, 0.25) is 0 Å². The largest absolute Gasteiger partial charge is 0.463 e. The second-order valence-corrected chi connectivity index (χ2v) is 5.90. The summed E-state index contributed by atoms with van der Waals surface area (Å²) >= 11 is 0. The molecule has 1 fully saturated rings. The van der Waals surface area contributed by atoms with Crippen LogP contribution in [0, 0.1) is 11.3 Å². The van der Waals surface area contributed by atoms with Gasteiger partial charge in [0.1, 0.15) is 30.9 Å². The summed E-state index contributed by atoms with van der Waals surface area (Å²) in [6.07, 6.45) is -4.16. The Morgan fingerprint density at radius 2 is 1.83 bits per heavy atom. The van der Waals surface area contributed by atoms with E-state index in [9.17, 15) is 14.4 Å². The van der Waals surface area contributed by atoms with E-state index in [-0.39, 0.29) is 58.1 Å². The maximum absolute atomic E-state index is 12.2. The van der Waals surface area contributed by atoms with Crippen LogP contribution in [0.25, 0.3) is 0 Å². The maximum Gasteiger partial charge on any atom is 0.306 e. The molecule has 11 nitrogen and oxygen atoms in total. The zero-order valence-electron chi connectivity index (χ0n) is 18.6. The average Bonchev–Trinajstić information content (AvgIpc) is 3.27. The van der Waals surface area contributed by atoms with E-state index in [1.165, 1.54) is 10.9 Å². The van der Waals surface area contributed by atoms with E-state index in [0.717, 1.165) is 0 Å². The van der Waals surface area contributed by atoms with Crippen LogP contribution in [0.1, 0.15) is 56.0 Å². The molecule has 0 radical (unpaired) electrons. The molecule has 158 valence electrons. The summed E-state index contributed by atoms with van der Waals surface area (Å²) in [6, 6.07) is 1.80. The first-order valence-electron chi connectivity index (χ1n) is 10.8. The molecule has 2 N–H and O–H groups in total. The Morgan fingerprint density at radius 1 is 1.21 bits per heavy atom. The number of nitriles is 1. The van der Waals surface area contributed by atoms with Crippen LogP contribution in [-0.4, -0.2) is 52.4 Å². The predicted molar refractivity (Wildman–Crippen MR) is 96.9 cm³/mol. The molecular formula is C18H24N4O7. The number of imidazole rings is 1. The number of hydrogen-bond donors (Lipinski definition) is 1. The average molecular weight is 411 g/mol. The van der Waals surface area contributed by atoms with Crippen molar-refractivity contribution in [2.24, 2.45) is 0 Å². The van der Waals surface area contributed by atoms with Gasteiger partial charge in [-0.2, -0.15) is 5.26 Å². The minimum absolute atomic E-state index is 0.0814. The molecule has 1 aliphatic heterocycles. The van der Waals surface area contributed by atoms with E-state index in [1.54, 1.807) is 6.07 Å². The van der Waals surface area contributed by atoms with Crippen LogP contribution in [0.3, 0.4) is 0 Å². The lowest BCUT2D eigenvalue weighted by Gasteiger charge is -2.24. The topological polar surface area (TPSA) is 156 Å². The van der Waals surface area contributed by atoms with Crippen molar-refractivity contribution >= 4 is 23.7 Å². The van der Waals surface area contributed by atoms with E-state index in [0.29, 0.717) is 0 Å². The standard InChI is InChI=1S/C18H24N4O7/c1-4-12(23)26-8-11-15(28-13(24)5-2)16(29-14(25)6-3)18(27-11)22-9-21-10(7-19)17(22)20/h9,11,15-16,18H,4-6,8,20H2,1-3H3/t11-,15-,16-,18?/m1/s1/i1D,2D,3D. The lowest BCUT2D eigenvalue weighted by Crippen LogP contribution is -2.41. The second kappa shape index (κ2) is 9.88. The minimum atomic E-state index is -1.26. The van der Waals surface area contributed by atoms with E-state index < -0.39 is 42.4 Å². The van der Waals surface area contributed by atoms with Gasteiger partial charge in [0.15, 0.2) is 24.1 Å². The summed E-state index contributed by atoms with van der Waals surface area (Å²) in [5.74, 6) is -2.26. The van der Waals surface area contributed by atoms with E-state index in [1.807, 2.05) is 0 Å². The summed E-state index contributed by atoms with van der Waals surface area (Å²) in [4.78, 5) is 39.8. The van der Waals surface area contributed by atoms with Gasteiger partial charge >= 0.3 is 17.9 Å². The monoisotopic (exact) mass is 411 g/mol. The first kappa shape index (κ1) is 17.9. The van der Waals surface area contributed by atoms with Crippen LogP contribution in [0.4, 0.5) is 5.82 Å². The third-order valence-corrected chi connectivity index (χ3v) is 4.05. The molecule has 29 heavy (non-hydrogen) atoms. The number of nitrogens with zero attached hydrogens (tertiary/aromatic N) is 3. The van der Waals surface area contributed by atoms with Crippen molar-refractivity contribution in [1.82, 2.24) is 9.55 Å². The molecule has 4 atom stereocenters. The number of ether oxygens (including phenoxy) is 4. The molecule has 0 aliphatic carbocycles. The highest BCUT2D eigenvalue weighted by molar-refractivity contribution is 5.70. The zero-order chi connectivity index (χ0) is 23.7. The number of aromatic nitrogens is 2. The van der Waals surface area contributed by atoms with Crippen molar-refractivity contribution < 1.29 is 37.4 Å². The molecule has 0 amide bonds. The lowest BCUT2D eigenvalue weighted by molar-refractivity contribution is -0.169. The van der Waals surface area contributed by atoms with Crippen LogP contribution in [0.2, 0.25) is 0 Å². The van der Waals surface area contributed by atoms with Gasteiger partial charge in [-0.3, -0.25) is 19.0 Å². The Kier molecular flexibility index (Phi) is 6.11. The fourth-order valence-corrected chi connectivity index (χ4v) is 2.66. The highest BCUT2D eigenvalue weighted by Crippen LogP contribution is 2.36. The zero-order valence-corrected chi connectivity index (χ0v) is 15.6. The van der Waals surface area contributed by atoms with Crippen molar-refractivity contribution in [3.8, 4) is 6.07 Å². The first-order chi connectivity index (χ1) is 15.4. The summed E-state index contributed by atoms with van der Waals surface area (Å²) in [5.41, 5.74) is 5.84. The molecule has 2 rings (SSSR count). The van der Waals surface area contributed by atoms with Gasteiger partial charge in [0, 0.05) is 23.4 Å². The molecule has 1 aliphatic rings. The Balaban J connectivity index is 2.37. The molecule has 2 heterocycles. The van der Waals surface area contributed by atoms with Gasteiger partial charge in [-0.25, -0.2) is 4.98 Å². The molecule has 0 spiro atoms.